The number of aromatic nitrogens is 2. The molecule has 10 nitrogen and oxygen atoms in total. The third kappa shape index (κ3) is 7.74. The largest absolute Gasteiger partial charge is 0.748 e. The number of hydrogen-bond acceptors (Lipinski definition) is 7. The van der Waals surface area contributed by atoms with Gasteiger partial charge in [0.15, 0.2) is 11.0 Å². The maximum absolute atomic E-state index is 14.5. The molecule has 0 saturated heterocycles. The molecule has 2 aromatic carbocycles. The molecule has 1 N–H and O–H groups in total. The summed E-state index contributed by atoms with van der Waals surface area (Å²) in [6, 6.07) is 4.46. The third-order valence-electron chi connectivity index (χ3n) is 7.10. The molecule has 0 bridgehead atoms. The van der Waals surface area contributed by atoms with Crippen molar-refractivity contribution in [2.75, 3.05) is 28.6 Å². The smallest absolute Gasteiger partial charge is 0.418 e. The molecule has 0 fully saturated rings. The van der Waals surface area contributed by atoms with E-state index in [1.165, 1.54) is 28.9 Å². The topological polar surface area (TPSA) is 127 Å². The maximum Gasteiger partial charge on any atom is 0.418 e. The van der Waals surface area contributed by atoms with Gasteiger partial charge in [0, 0.05) is 43.1 Å². The van der Waals surface area contributed by atoms with Crippen LogP contribution in [0.2, 0.25) is 10.0 Å². The van der Waals surface area contributed by atoms with Gasteiger partial charge >= 0.3 is 16.3 Å². The number of nitrogens with zero attached hydrogens (tertiary/aromatic N) is 4. The molecule has 0 atom stereocenters. The number of aryl methyl sites for hydroxylation is 1. The first kappa shape index (κ1) is 35.0. The van der Waals surface area contributed by atoms with Gasteiger partial charge in [-0.25, -0.2) is 21.9 Å². The Labute approximate surface area is 267 Å². The second-order valence-corrected chi connectivity index (χ2v) is 13.8. The third-order valence-corrected chi connectivity index (χ3v) is 9.07. The molecule has 0 amide bonds. The first-order chi connectivity index (χ1) is 20.9. The van der Waals surface area contributed by atoms with Gasteiger partial charge in [-0.1, -0.05) is 29.3 Å². The summed E-state index contributed by atoms with van der Waals surface area (Å²) in [5.74, 6) is -1.69. The van der Waals surface area contributed by atoms with Crippen molar-refractivity contribution in [2.45, 2.75) is 45.3 Å². The fourth-order valence-electron chi connectivity index (χ4n) is 5.27. The summed E-state index contributed by atoms with van der Waals surface area (Å²) in [6.45, 7) is 4.27. The van der Waals surface area contributed by atoms with Crippen molar-refractivity contribution in [2.24, 2.45) is 0 Å². The van der Waals surface area contributed by atoms with Gasteiger partial charge in [-0.3, -0.25) is 4.55 Å². The molecule has 2 heterocycles. The number of halogens is 6. The highest BCUT2D eigenvalue weighted by Gasteiger charge is 2.37. The van der Waals surface area contributed by atoms with Crippen molar-refractivity contribution in [3.8, 4) is 0 Å². The van der Waals surface area contributed by atoms with Crippen LogP contribution in [-0.4, -0.2) is 49.4 Å². The number of unbranched alkanes of at least 4 members (excludes halogenated alkanes) is 1. The SMILES string of the molecule is CCN1C(=CC=Cc2n(CC)c3cc(Cl)c(C(F)(F)F)cc3[n+]2CS(=O)(=O)O)N(CCCCS(=O)(=O)[O-])c2cc(F)c(Cl)cc21. The average molecular weight is 716 g/mol. The molecule has 0 radical (unpaired) electrons. The predicted molar refractivity (Wildman–Crippen MR) is 162 cm³/mol. The van der Waals surface area contributed by atoms with Crippen LogP contribution in [0.5, 0.6) is 0 Å². The number of fused-ring (bicyclic) bond motifs is 2. The van der Waals surface area contributed by atoms with Crippen molar-refractivity contribution < 1.29 is 48.1 Å². The van der Waals surface area contributed by atoms with E-state index in [2.05, 4.69) is 0 Å². The van der Waals surface area contributed by atoms with Crippen molar-refractivity contribution in [3.05, 3.63) is 69.5 Å². The number of anilines is 2. The second kappa shape index (κ2) is 13.1. The van der Waals surface area contributed by atoms with Crippen LogP contribution in [0.3, 0.4) is 0 Å². The Balaban J connectivity index is 1.85. The van der Waals surface area contributed by atoms with Crippen molar-refractivity contribution in [1.29, 1.82) is 0 Å². The number of imidazole rings is 1. The first-order valence-electron chi connectivity index (χ1n) is 13.5. The van der Waals surface area contributed by atoms with Crippen molar-refractivity contribution in [1.82, 2.24) is 4.57 Å². The van der Waals surface area contributed by atoms with E-state index in [1.54, 1.807) is 22.8 Å². The Bertz CT molecular complexity index is 1910. The van der Waals surface area contributed by atoms with Crippen LogP contribution in [-0.2, 0) is 38.8 Å². The van der Waals surface area contributed by atoms with E-state index in [0.29, 0.717) is 23.7 Å². The van der Waals surface area contributed by atoms with Gasteiger partial charge in [-0.05, 0) is 38.8 Å². The molecule has 0 unspecified atom stereocenters. The van der Waals surface area contributed by atoms with Crippen LogP contribution >= 0.6 is 23.2 Å². The summed E-state index contributed by atoms with van der Waals surface area (Å²) in [5, 5.41) is -0.718. The summed E-state index contributed by atoms with van der Waals surface area (Å²) in [6.07, 6.45) is 0.0195. The standard InChI is InChI=1S/C27H28Cl2F4N4O6S2/c1-3-34-23-14-19(29)20(30)15-24(23)36(10-5-6-11-44(38,39)40)25(34)8-7-9-26-35(4-2)22-13-18(28)17(27(31,32)33)12-21(22)37(26)16-45(41,42)43/h7-9,12-15H,3-6,10-11,16H2,1-2H3,(H-,38,39,40,41,42,43). The lowest BCUT2D eigenvalue weighted by Crippen LogP contribution is -2.40. The lowest BCUT2D eigenvalue weighted by Gasteiger charge is -2.24. The summed E-state index contributed by atoms with van der Waals surface area (Å²) in [4.78, 5) is 3.50. The number of benzene rings is 2. The molecule has 1 aliphatic heterocycles. The van der Waals surface area contributed by atoms with E-state index in [9.17, 15) is 43.5 Å². The van der Waals surface area contributed by atoms with E-state index < -0.39 is 54.4 Å². The minimum absolute atomic E-state index is 0.0533. The molecule has 45 heavy (non-hydrogen) atoms. The molecule has 1 aliphatic rings. The summed E-state index contributed by atoms with van der Waals surface area (Å²) in [5.41, 5.74) is -0.141. The van der Waals surface area contributed by atoms with Crippen LogP contribution < -0.4 is 14.4 Å². The van der Waals surface area contributed by atoms with Gasteiger partial charge in [0.05, 0.1) is 43.6 Å². The predicted octanol–water partition coefficient (Wildman–Crippen LogP) is 5.79. The highest BCUT2D eigenvalue weighted by Crippen LogP contribution is 2.44. The molecule has 1 aromatic heterocycles. The minimum Gasteiger partial charge on any atom is -0.748 e. The second-order valence-electron chi connectivity index (χ2n) is 10.1. The highest BCUT2D eigenvalue weighted by atomic mass is 35.5. The number of alkyl halides is 3. The lowest BCUT2D eigenvalue weighted by atomic mass is 10.2. The molecule has 4 rings (SSSR count). The molecule has 3 aromatic rings. The van der Waals surface area contributed by atoms with E-state index in [1.807, 2.05) is 6.92 Å². The highest BCUT2D eigenvalue weighted by molar-refractivity contribution is 7.85. The van der Waals surface area contributed by atoms with Crippen LogP contribution in [0.4, 0.5) is 28.9 Å². The zero-order valence-electron chi connectivity index (χ0n) is 23.9. The quantitative estimate of drug-likeness (QED) is 0.115. The Kier molecular flexibility index (Phi) is 10.2. The summed E-state index contributed by atoms with van der Waals surface area (Å²) in [7, 11) is -9.15. The molecule has 18 heteroatoms. The Hall–Kier alpha value is -2.89. The van der Waals surface area contributed by atoms with E-state index >= 15 is 0 Å². The summed E-state index contributed by atoms with van der Waals surface area (Å²) < 4.78 is 125. The number of allylic oxidation sites excluding steroid dienone is 2. The Morgan fingerprint density at radius 2 is 1.64 bits per heavy atom. The van der Waals surface area contributed by atoms with E-state index in [4.69, 9.17) is 23.2 Å². The molecular formula is C27H28Cl2F4N4O6S2. The van der Waals surface area contributed by atoms with Crippen LogP contribution in [0.15, 0.2) is 42.2 Å². The normalized spacial score (nSPS) is 15.3. The van der Waals surface area contributed by atoms with Gasteiger partial charge < -0.3 is 14.4 Å². The van der Waals surface area contributed by atoms with Gasteiger partial charge in [0.25, 0.3) is 5.82 Å². The molecule has 0 spiro atoms. The maximum atomic E-state index is 14.5. The number of rotatable bonds is 11. The molecule has 246 valence electrons. The van der Waals surface area contributed by atoms with Gasteiger partial charge in [-0.2, -0.15) is 21.6 Å². The molecule has 0 aliphatic carbocycles. The van der Waals surface area contributed by atoms with Crippen LogP contribution in [0, 0.1) is 5.82 Å². The van der Waals surface area contributed by atoms with Crippen LogP contribution in [0.1, 0.15) is 38.1 Å². The van der Waals surface area contributed by atoms with E-state index in [0.717, 1.165) is 16.7 Å². The van der Waals surface area contributed by atoms with Gasteiger partial charge in [-0.15, -0.1) is 0 Å². The average Bonchev–Trinajstić information content (AvgIpc) is 3.34. The first-order valence-corrected chi connectivity index (χ1v) is 17.4. The van der Waals surface area contributed by atoms with Crippen molar-refractivity contribution in [3.63, 3.8) is 0 Å². The van der Waals surface area contributed by atoms with E-state index in [-0.39, 0.29) is 47.8 Å². The summed E-state index contributed by atoms with van der Waals surface area (Å²) >= 11 is 12.0. The Morgan fingerprint density at radius 1 is 0.978 bits per heavy atom. The lowest BCUT2D eigenvalue weighted by molar-refractivity contribution is -0.654. The van der Waals surface area contributed by atoms with Gasteiger partial charge in [0.2, 0.25) is 5.88 Å². The zero-order valence-corrected chi connectivity index (χ0v) is 27.0. The zero-order chi connectivity index (χ0) is 33.5. The Morgan fingerprint density at radius 3 is 2.22 bits per heavy atom. The minimum atomic E-state index is -4.83. The van der Waals surface area contributed by atoms with Crippen LogP contribution in [0.25, 0.3) is 17.1 Å². The monoisotopic (exact) mass is 714 g/mol. The fraction of sp³-hybridized carbons (Fsp3) is 0.370. The molecule has 0 saturated carbocycles. The fourth-order valence-corrected chi connectivity index (χ4v) is 6.85. The number of hydrogen-bond donors (Lipinski definition) is 1. The molecular weight excluding hydrogens is 687 g/mol. The van der Waals surface area contributed by atoms with Gasteiger partial charge in [0.1, 0.15) is 11.6 Å². The van der Waals surface area contributed by atoms with Crippen molar-refractivity contribution >= 4 is 71.9 Å².